The minimum absolute atomic E-state index is 0.182. The van der Waals surface area contributed by atoms with E-state index in [4.69, 9.17) is 18.9 Å². The molecule has 0 saturated heterocycles. The zero-order valence-electron chi connectivity index (χ0n) is 48.9. The Kier molecular flexibility index (Phi) is 53.6. The lowest BCUT2D eigenvalue weighted by Gasteiger charge is -2.25. The fourth-order valence-electron chi connectivity index (χ4n) is 8.16. The number of hydrogen-bond donors (Lipinski definition) is 1. The number of allylic oxidation sites excluding steroid dienone is 16. The summed E-state index contributed by atoms with van der Waals surface area (Å²) in [6.45, 7) is 4.73. The minimum atomic E-state index is -1.52. The topological polar surface area (TPSA) is 108 Å². The molecule has 0 aliphatic carbocycles. The fraction of sp³-hybridized carbons (Fsp3) is 0.712. The molecule has 2 unspecified atom stereocenters. The molecule has 0 aliphatic heterocycles. The number of carboxylic acid groups (broad SMARTS) is 1. The molecule has 0 aromatic rings. The van der Waals surface area contributed by atoms with Crippen LogP contribution in [0.4, 0.5) is 0 Å². The van der Waals surface area contributed by atoms with E-state index in [0.717, 1.165) is 89.9 Å². The van der Waals surface area contributed by atoms with Gasteiger partial charge < -0.3 is 28.5 Å². The average molecular weight is 1050 g/mol. The van der Waals surface area contributed by atoms with Gasteiger partial charge in [-0.1, -0.05) is 233 Å². The number of rotatable bonds is 55. The lowest BCUT2D eigenvalue weighted by Crippen LogP contribution is -2.40. The van der Waals surface area contributed by atoms with E-state index < -0.39 is 24.3 Å². The van der Waals surface area contributed by atoms with E-state index in [9.17, 15) is 19.5 Å². The first-order valence-corrected chi connectivity index (χ1v) is 30.4. The summed E-state index contributed by atoms with van der Waals surface area (Å²) >= 11 is 0. The number of carboxylic acids is 1. The maximum Gasteiger partial charge on any atom is 0.361 e. The third-order valence-electron chi connectivity index (χ3n) is 12.8. The first kappa shape index (κ1) is 71.2. The Morgan fingerprint density at radius 3 is 1.13 bits per heavy atom. The number of unbranched alkanes of at least 4 members (excludes halogenated alkanes) is 24. The molecule has 0 rings (SSSR count). The van der Waals surface area contributed by atoms with Crippen molar-refractivity contribution in [2.45, 2.75) is 257 Å². The summed E-state index contributed by atoms with van der Waals surface area (Å²) in [5.41, 5.74) is 0. The zero-order chi connectivity index (χ0) is 54.8. The Hall–Kier alpha value is -3.79. The highest BCUT2D eigenvalue weighted by atomic mass is 16.7. The van der Waals surface area contributed by atoms with Crippen LogP contribution in [0, 0.1) is 0 Å². The Balaban J connectivity index is 4.20. The summed E-state index contributed by atoms with van der Waals surface area (Å²) < 4.78 is 22.9. The largest absolute Gasteiger partial charge is 0.477 e. The Morgan fingerprint density at radius 2 is 0.760 bits per heavy atom. The molecule has 430 valence electrons. The summed E-state index contributed by atoms with van der Waals surface area (Å²) in [7, 11) is 5.96. The number of nitrogens with zero attached hydrogens (tertiary/aromatic N) is 1. The van der Waals surface area contributed by atoms with Crippen molar-refractivity contribution in [1.82, 2.24) is 0 Å². The van der Waals surface area contributed by atoms with Gasteiger partial charge in [-0.15, -0.1) is 0 Å². The van der Waals surface area contributed by atoms with E-state index in [1.807, 2.05) is 21.1 Å². The van der Waals surface area contributed by atoms with Crippen molar-refractivity contribution in [3.05, 3.63) is 97.2 Å². The van der Waals surface area contributed by atoms with Crippen molar-refractivity contribution in [3.63, 3.8) is 0 Å². The highest BCUT2D eigenvalue weighted by molar-refractivity contribution is 5.71. The van der Waals surface area contributed by atoms with Crippen LogP contribution in [0.1, 0.15) is 245 Å². The molecular weight excluding hydrogens is 935 g/mol. The highest BCUT2D eigenvalue weighted by Gasteiger charge is 2.25. The monoisotopic (exact) mass is 1050 g/mol. The Labute approximate surface area is 461 Å². The molecule has 0 heterocycles. The van der Waals surface area contributed by atoms with Crippen LogP contribution < -0.4 is 0 Å². The van der Waals surface area contributed by atoms with Gasteiger partial charge in [0.05, 0.1) is 34.4 Å². The van der Waals surface area contributed by atoms with Crippen LogP contribution in [-0.2, 0) is 33.3 Å². The molecule has 0 bridgehead atoms. The van der Waals surface area contributed by atoms with Gasteiger partial charge in [0.25, 0.3) is 6.29 Å². The van der Waals surface area contributed by atoms with Crippen molar-refractivity contribution in [3.8, 4) is 0 Å². The highest BCUT2D eigenvalue weighted by Crippen LogP contribution is 2.16. The Morgan fingerprint density at radius 1 is 0.413 bits per heavy atom. The maximum atomic E-state index is 12.9. The molecule has 0 fully saturated rings. The molecular formula is C66H114NO8+. The van der Waals surface area contributed by atoms with Crippen LogP contribution in [0.25, 0.3) is 0 Å². The lowest BCUT2D eigenvalue weighted by atomic mass is 10.0. The number of carbonyl (C=O) groups excluding carboxylic acids is 2. The quantitative estimate of drug-likeness (QED) is 0.0211. The number of aliphatic carboxylic acids is 1. The summed E-state index contributed by atoms with van der Waals surface area (Å²) in [6, 6.07) is 0. The first-order valence-electron chi connectivity index (χ1n) is 30.4. The molecule has 1 N–H and O–H groups in total. The second-order valence-electron chi connectivity index (χ2n) is 21.3. The van der Waals surface area contributed by atoms with Gasteiger partial charge in [-0.05, 0) is 96.3 Å². The summed E-state index contributed by atoms with van der Waals surface area (Å²) in [4.78, 5) is 37.5. The predicted octanol–water partition coefficient (Wildman–Crippen LogP) is 18.1. The molecule has 9 heteroatoms. The molecule has 0 aromatic carbocycles. The molecule has 0 aliphatic rings. The van der Waals surface area contributed by atoms with Gasteiger partial charge in [0.1, 0.15) is 13.2 Å². The first-order chi connectivity index (χ1) is 36.6. The molecule has 0 amide bonds. The third-order valence-corrected chi connectivity index (χ3v) is 12.8. The standard InChI is InChI=1S/C66H113NO8/c1-6-8-10-12-14-16-18-20-22-24-26-27-28-29-30-31-32-33-34-35-36-37-39-41-43-45-47-49-51-53-55-57-64(69)75-62(61-74-66(65(70)71)72-59-58-67(3,4)5)60-73-63(68)56-54-52-50-48-46-44-42-40-38-25-23-21-19-17-15-13-11-9-7-2/h8,10,14-17,20-23,26-27,29-30,38,40,62,66H,6-7,9,11-13,18-19,24-25,28,31-37,39,41-61H2,1-5H3/p+1/b10-8-,16-14-,17-15-,22-20-,23-21-,27-26-,30-29-,40-38-. The van der Waals surface area contributed by atoms with Crippen LogP contribution >= 0.6 is 0 Å². The second-order valence-corrected chi connectivity index (χ2v) is 21.3. The van der Waals surface area contributed by atoms with Crippen LogP contribution in [-0.4, -0.2) is 87.4 Å². The second kappa shape index (κ2) is 56.4. The third kappa shape index (κ3) is 57.7. The van der Waals surface area contributed by atoms with Gasteiger partial charge in [-0.25, -0.2) is 4.79 Å². The molecule has 0 saturated carbocycles. The fourth-order valence-corrected chi connectivity index (χ4v) is 8.16. The number of quaternary nitrogens is 1. The van der Waals surface area contributed by atoms with Crippen LogP contribution in [0.15, 0.2) is 97.2 Å². The molecule has 0 spiro atoms. The summed E-state index contributed by atoms with van der Waals surface area (Å²) in [6.07, 6.45) is 73.4. The van der Waals surface area contributed by atoms with E-state index in [2.05, 4.69) is 111 Å². The Bertz CT molecular complexity index is 1550. The van der Waals surface area contributed by atoms with E-state index in [1.165, 1.54) is 122 Å². The molecule has 2 atom stereocenters. The number of ether oxygens (including phenoxy) is 4. The van der Waals surface area contributed by atoms with Gasteiger partial charge >= 0.3 is 17.9 Å². The summed E-state index contributed by atoms with van der Waals surface area (Å²) in [5.74, 6) is -2.02. The molecule has 0 radical (unpaired) electrons. The van der Waals surface area contributed by atoms with E-state index in [1.54, 1.807) is 0 Å². The number of carbonyl (C=O) groups is 3. The van der Waals surface area contributed by atoms with E-state index in [0.29, 0.717) is 17.4 Å². The predicted molar refractivity (Wildman–Crippen MR) is 318 cm³/mol. The number of esters is 2. The minimum Gasteiger partial charge on any atom is -0.477 e. The smallest absolute Gasteiger partial charge is 0.361 e. The van der Waals surface area contributed by atoms with Crippen LogP contribution in [0.5, 0.6) is 0 Å². The number of likely N-dealkylation sites (N-methyl/N-ethyl adjacent to an activating group) is 1. The SMILES string of the molecule is CC/C=C\C/C=C\C/C=C\C/C=C\C/C=C\CCCCCCCCCCCCCCCCCC(=O)OC(COC(=O)CCCCCCCC/C=C\C/C=C\C/C=C\CCCCC)COC(OCC[N+](C)(C)C)C(=O)O. The van der Waals surface area contributed by atoms with Gasteiger partial charge in [0, 0.05) is 12.8 Å². The zero-order valence-corrected chi connectivity index (χ0v) is 48.9. The van der Waals surface area contributed by atoms with Crippen molar-refractivity contribution in [1.29, 1.82) is 0 Å². The van der Waals surface area contributed by atoms with E-state index >= 15 is 0 Å². The molecule has 9 nitrogen and oxygen atoms in total. The van der Waals surface area contributed by atoms with E-state index in [-0.39, 0.29) is 38.6 Å². The lowest BCUT2D eigenvalue weighted by molar-refractivity contribution is -0.870. The molecule has 75 heavy (non-hydrogen) atoms. The van der Waals surface area contributed by atoms with Gasteiger partial charge in [0.2, 0.25) is 0 Å². The average Bonchev–Trinajstić information content (AvgIpc) is 3.38. The number of hydrogen-bond acceptors (Lipinski definition) is 7. The van der Waals surface area contributed by atoms with Crippen molar-refractivity contribution in [2.75, 3.05) is 47.5 Å². The van der Waals surface area contributed by atoms with Gasteiger partial charge in [0.15, 0.2) is 6.10 Å². The van der Waals surface area contributed by atoms with Gasteiger partial charge in [-0.3, -0.25) is 9.59 Å². The van der Waals surface area contributed by atoms with Crippen LogP contribution in [0.2, 0.25) is 0 Å². The maximum absolute atomic E-state index is 12.9. The molecule has 0 aromatic heterocycles. The van der Waals surface area contributed by atoms with Crippen molar-refractivity contribution >= 4 is 17.9 Å². The summed E-state index contributed by atoms with van der Waals surface area (Å²) in [5, 5.41) is 9.71. The van der Waals surface area contributed by atoms with Crippen molar-refractivity contribution < 1.29 is 42.9 Å². The van der Waals surface area contributed by atoms with Crippen LogP contribution in [0.3, 0.4) is 0 Å². The van der Waals surface area contributed by atoms with Crippen molar-refractivity contribution in [2.24, 2.45) is 0 Å². The van der Waals surface area contributed by atoms with Gasteiger partial charge in [-0.2, -0.15) is 0 Å². The normalized spacial score (nSPS) is 13.5.